The van der Waals surface area contributed by atoms with E-state index >= 15 is 0 Å². The van der Waals surface area contributed by atoms with Gasteiger partial charge in [0.05, 0.1) is 28.4 Å². The monoisotopic (exact) mass is 369 g/mol. The highest BCUT2D eigenvalue weighted by Crippen LogP contribution is 2.37. The van der Waals surface area contributed by atoms with Crippen LogP contribution >= 0.6 is 0 Å². The molecule has 1 aliphatic heterocycles. The number of ether oxygens (including phenoxy) is 4. The summed E-state index contributed by atoms with van der Waals surface area (Å²) in [7, 11) is 8.76. The van der Waals surface area contributed by atoms with Crippen LogP contribution in [0, 0.1) is 0 Å². The van der Waals surface area contributed by atoms with Gasteiger partial charge >= 0.3 is 0 Å². The van der Waals surface area contributed by atoms with Gasteiger partial charge in [-0.2, -0.15) is 0 Å². The van der Waals surface area contributed by atoms with Gasteiger partial charge in [0, 0.05) is 30.9 Å². The molecule has 3 rings (SSSR count). The number of methoxy groups -OCH3 is 4. The number of fused-ring (bicyclic) bond motifs is 2. The molecule has 1 heterocycles. The fraction of sp³-hybridized carbons (Fsp3) is 0.364. The summed E-state index contributed by atoms with van der Waals surface area (Å²) in [5, 5.41) is 0. The molecule has 2 aromatic carbocycles. The van der Waals surface area contributed by atoms with Gasteiger partial charge in [-0.25, -0.2) is 0 Å². The highest BCUT2D eigenvalue weighted by molar-refractivity contribution is 5.81. The van der Waals surface area contributed by atoms with Gasteiger partial charge in [0.2, 0.25) is 0 Å². The Labute approximate surface area is 161 Å². The van der Waals surface area contributed by atoms with E-state index in [1.54, 1.807) is 28.4 Å². The molecule has 0 fully saturated rings. The molecule has 0 atom stereocenters. The first-order valence-electron chi connectivity index (χ1n) is 9.01. The molecule has 0 saturated heterocycles. The van der Waals surface area contributed by atoms with Gasteiger partial charge in [-0.05, 0) is 42.2 Å². The normalized spacial score (nSPS) is 13.4. The molecule has 5 nitrogen and oxygen atoms in total. The zero-order chi connectivity index (χ0) is 19.4. The number of hydrogen-bond donors (Lipinski definition) is 0. The van der Waals surface area contributed by atoms with Gasteiger partial charge < -0.3 is 23.8 Å². The van der Waals surface area contributed by atoms with Crippen molar-refractivity contribution in [2.75, 3.05) is 46.9 Å². The molecule has 0 spiro atoms. The van der Waals surface area contributed by atoms with Crippen LogP contribution in [0.4, 0.5) is 5.69 Å². The smallest absolute Gasteiger partial charge is 0.162 e. The molecular weight excluding hydrogens is 342 g/mol. The number of hydrogen-bond acceptors (Lipinski definition) is 5. The Kier molecular flexibility index (Phi) is 5.79. The molecule has 2 aromatic rings. The van der Waals surface area contributed by atoms with Crippen LogP contribution in [0.25, 0.3) is 12.2 Å². The maximum atomic E-state index is 5.49. The summed E-state index contributed by atoms with van der Waals surface area (Å²) in [5.74, 6) is 2.96. The molecule has 0 N–H and O–H groups in total. The minimum atomic E-state index is 0.721. The molecule has 0 radical (unpaired) electrons. The lowest BCUT2D eigenvalue weighted by atomic mass is 9.98. The van der Waals surface area contributed by atoms with E-state index in [1.807, 2.05) is 18.2 Å². The van der Waals surface area contributed by atoms with E-state index in [4.69, 9.17) is 18.9 Å². The SMILES string of the molecule is COc1cc2c(cc1OC)CCCN(C)c1cc(OC)c(OC)cc1C=C2. The molecular formula is C22H27NO4. The summed E-state index contributed by atoms with van der Waals surface area (Å²) in [4.78, 5) is 2.26. The predicted octanol–water partition coefficient (Wildman–Crippen LogP) is 4.27. The summed E-state index contributed by atoms with van der Waals surface area (Å²) in [6.07, 6.45) is 6.23. The molecule has 0 amide bonds. The third-order valence-electron chi connectivity index (χ3n) is 4.97. The van der Waals surface area contributed by atoms with Crippen LogP contribution in [-0.4, -0.2) is 42.0 Å². The lowest BCUT2D eigenvalue weighted by molar-refractivity contribution is 0.354. The number of nitrogens with zero attached hydrogens (tertiary/aromatic N) is 1. The van der Waals surface area contributed by atoms with Gasteiger partial charge in [0.25, 0.3) is 0 Å². The topological polar surface area (TPSA) is 40.2 Å². The summed E-state index contributed by atoms with van der Waals surface area (Å²) >= 11 is 0. The van der Waals surface area contributed by atoms with Crippen molar-refractivity contribution >= 4 is 17.8 Å². The Hall–Kier alpha value is -2.82. The minimum absolute atomic E-state index is 0.721. The Morgan fingerprint density at radius 2 is 1.22 bits per heavy atom. The number of aryl methyl sites for hydroxylation is 1. The molecule has 0 saturated carbocycles. The van der Waals surface area contributed by atoms with Gasteiger partial charge in [-0.15, -0.1) is 0 Å². The van der Waals surface area contributed by atoms with Crippen LogP contribution < -0.4 is 23.8 Å². The van der Waals surface area contributed by atoms with E-state index in [1.165, 1.54) is 5.56 Å². The first-order chi connectivity index (χ1) is 13.1. The first-order valence-corrected chi connectivity index (χ1v) is 9.01. The van der Waals surface area contributed by atoms with Gasteiger partial charge in [-0.1, -0.05) is 12.2 Å². The summed E-state index contributed by atoms with van der Waals surface area (Å²) in [6.45, 7) is 0.935. The highest BCUT2D eigenvalue weighted by atomic mass is 16.5. The van der Waals surface area contributed by atoms with E-state index in [0.717, 1.165) is 59.2 Å². The average molecular weight is 369 g/mol. The second kappa shape index (κ2) is 8.25. The van der Waals surface area contributed by atoms with E-state index in [0.29, 0.717) is 0 Å². The zero-order valence-corrected chi connectivity index (χ0v) is 16.7. The molecule has 144 valence electrons. The first kappa shape index (κ1) is 19.0. The number of benzene rings is 2. The fourth-order valence-electron chi connectivity index (χ4n) is 3.46. The Morgan fingerprint density at radius 1 is 0.704 bits per heavy atom. The van der Waals surface area contributed by atoms with Crippen molar-refractivity contribution in [3.05, 3.63) is 41.0 Å². The second-order valence-electron chi connectivity index (χ2n) is 6.53. The standard InChI is InChI=1S/C22H27NO4/c1-23-10-6-7-15-11-19(24-2)20(25-3)12-16(15)8-9-17-13-21(26-4)22(27-5)14-18(17)23/h8-9,11-14H,6-7,10H2,1-5H3. The van der Waals surface area contributed by atoms with Crippen molar-refractivity contribution in [3.8, 4) is 23.0 Å². The van der Waals surface area contributed by atoms with Gasteiger partial charge in [-0.3, -0.25) is 0 Å². The lowest BCUT2D eigenvalue weighted by Crippen LogP contribution is -2.20. The Balaban J connectivity index is 2.13. The van der Waals surface area contributed by atoms with Gasteiger partial charge in [0.1, 0.15) is 0 Å². The maximum absolute atomic E-state index is 5.49. The number of rotatable bonds is 4. The van der Waals surface area contributed by atoms with E-state index in [9.17, 15) is 0 Å². The van der Waals surface area contributed by atoms with Crippen molar-refractivity contribution < 1.29 is 18.9 Å². The van der Waals surface area contributed by atoms with Crippen molar-refractivity contribution in [1.82, 2.24) is 0 Å². The average Bonchev–Trinajstić information content (AvgIpc) is 2.70. The number of anilines is 1. The minimum Gasteiger partial charge on any atom is -0.493 e. The quantitative estimate of drug-likeness (QED) is 0.805. The van der Waals surface area contributed by atoms with Crippen LogP contribution in [0.15, 0.2) is 24.3 Å². The van der Waals surface area contributed by atoms with Crippen LogP contribution in [-0.2, 0) is 6.42 Å². The predicted molar refractivity (Wildman–Crippen MR) is 110 cm³/mol. The van der Waals surface area contributed by atoms with Crippen LogP contribution in [0.3, 0.4) is 0 Å². The molecule has 0 bridgehead atoms. The Morgan fingerprint density at radius 3 is 1.85 bits per heavy atom. The van der Waals surface area contributed by atoms with Crippen LogP contribution in [0.5, 0.6) is 23.0 Å². The summed E-state index contributed by atoms with van der Waals surface area (Å²) in [6, 6.07) is 8.17. The Bertz CT molecular complexity index is 845. The summed E-state index contributed by atoms with van der Waals surface area (Å²) < 4.78 is 21.9. The van der Waals surface area contributed by atoms with E-state index < -0.39 is 0 Å². The van der Waals surface area contributed by atoms with Crippen molar-refractivity contribution in [2.24, 2.45) is 0 Å². The van der Waals surface area contributed by atoms with E-state index in [-0.39, 0.29) is 0 Å². The molecule has 5 heteroatoms. The third-order valence-corrected chi connectivity index (χ3v) is 4.97. The molecule has 0 unspecified atom stereocenters. The summed E-state index contributed by atoms with van der Waals surface area (Å²) in [5.41, 5.74) is 4.59. The molecule has 1 aliphatic rings. The molecule has 0 aliphatic carbocycles. The largest absolute Gasteiger partial charge is 0.493 e. The van der Waals surface area contributed by atoms with Crippen LogP contribution in [0.2, 0.25) is 0 Å². The third kappa shape index (κ3) is 3.82. The van der Waals surface area contributed by atoms with Gasteiger partial charge in [0.15, 0.2) is 23.0 Å². The van der Waals surface area contributed by atoms with Crippen molar-refractivity contribution in [3.63, 3.8) is 0 Å². The van der Waals surface area contributed by atoms with E-state index in [2.05, 4.69) is 30.2 Å². The molecule has 27 heavy (non-hydrogen) atoms. The highest BCUT2D eigenvalue weighted by Gasteiger charge is 2.16. The lowest BCUT2D eigenvalue weighted by Gasteiger charge is -2.24. The fourth-order valence-corrected chi connectivity index (χ4v) is 3.46. The van der Waals surface area contributed by atoms with Crippen molar-refractivity contribution in [2.45, 2.75) is 12.8 Å². The molecule has 0 aromatic heterocycles. The van der Waals surface area contributed by atoms with Crippen molar-refractivity contribution in [1.29, 1.82) is 0 Å². The maximum Gasteiger partial charge on any atom is 0.162 e. The second-order valence-corrected chi connectivity index (χ2v) is 6.53. The van der Waals surface area contributed by atoms with Crippen LogP contribution in [0.1, 0.15) is 23.1 Å². The zero-order valence-electron chi connectivity index (χ0n) is 16.7.